The van der Waals surface area contributed by atoms with E-state index in [0.717, 1.165) is 21.8 Å². The number of nitrogens with zero attached hydrogens (tertiary/aromatic N) is 8. The third kappa shape index (κ3) is 6.72. The molecule has 2 aromatic heterocycles. The van der Waals surface area contributed by atoms with Gasteiger partial charge in [0, 0.05) is 13.1 Å². The number of nitro groups is 2. The maximum absolute atomic E-state index is 14.4. The Morgan fingerprint density at radius 3 is 1.32 bits per heavy atom. The Morgan fingerprint density at radius 1 is 0.750 bits per heavy atom. The molecule has 6 rings (SSSR count). The number of likely N-dealkylation sites (tertiary alicyclic amines) is 2. The average molecular weight is 637 g/mol. The van der Waals surface area contributed by atoms with E-state index in [9.17, 15) is 37.8 Å². The van der Waals surface area contributed by atoms with Crippen molar-refractivity contribution in [1.82, 2.24) is 29.4 Å². The topological polar surface area (TPSA) is 147 Å². The summed E-state index contributed by atoms with van der Waals surface area (Å²) in [6, 6.07) is -2.15. The molecule has 0 N–H and O–H groups in total. The molecule has 2 atom stereocenters. The van der Waals surface area contributed by atoms with Crippen LogP contribution in [-0.4, -0.2) is 116 Å². The van der Waals surface area contributed by atoms with E-state index in [1.54, 1.807) is 9.80 Å². The fourth-order valence-corrected chi connectivity index (χ4v) is 5.82. The zero-order valence-electron chi connectivity index (χ0n) is 23.1. The van der Waals surface area contributed by atoms with Gasteiger partial charge in [0.2, 0.25) is 0 Å². The van der Waals surface area contributed by atoms with Gasteiger partial charge in [-0.2, -0.15) is 10.2 Å². The Morgan fingerprint density at radius 2 is 1.09 bits per heavy atom. The largest absolute Gasteiger partial charge is 0.378 e. The summed E-state index contributed by atoms with van der Waals surface area (Å²) in [5.41, 5.74) is -0.101. The number of ether oxygens (including phenoxy) is 2. The van der Waals surface area contributed by atoms with Crippen molar-refractivity contribution in [2.75, 3.05) is 52.6 Å². The molecule has 248 valence electrons. The minimum atomic E-state index is -2.97. The molecule has 0 spiro atoms. The number of rotatable bonds is 6. The Hall–Kier alpha value is -3.22. The minimum absolute atomic E-state index is 0. The van der Waals surface area contributed by atoms with E-state index in [-0.39, 0.29) is 75.6 Å². The number of hydrogen-bond acceptors (Lipinski definition) is 10. The van der Waals surface area contributed by atoms with Crippen molar-refractivity contribution >= 4 is 11.4 Å². The van der Waals surface area contributed by atoms with Gasteiger partial charge in [-0.25, -0.2) is 17.6 Å². The van der Waals surface area contributed by atoms with Crippen LogP contribution in [0, 0.1) is 34.1 Å². The zero-order chi connectivity index (χ0) is 30.4. The van der Waals surface area contributed by atoms with Crippen LogP contribution in [0.5, 0.6) is 0 Å². The highest BCUT2D eigenvalue weighted by Gasteiger charge is 2.50. The lowest BCUT2D eigenvalue weighted by Crippen LogP contribution is -2.58. The first-order valence-electron chi connectivity index (χ1n) is 13.6. The van der Waals surface area contributed by atoms with Crippen LogP contribution in [0.2, 0.25) is 0 Å². The standard InChI is InChI=1S/2C12H16F2N4O3.2CH4/c2*1-8-10(18(19)20)4-15-17(8)11-2-3-16(7-12(11,13)14)9-5-21-6-9;;/h2*4,9,11H,2-3,5-7H2,1H3;2*1H4. The van der Waals surface area contributed by atoms with Crippen molar-refractivity contribution in [1.29, 1.82) is 0 Å². The van der Waals surface area contributed by atoms with E-state index in [4.69, 9.17) is 9.47 Å². The number of piperidine rings is 2. The van der Waals surface area contributed by atoms with Gasteiger partial charge >= 0.3 is 11.4 Å². The third-order valence-corrected chi connectivity index (χ3v) is 8.48. The van der Waals surface area contributed by atoms with Crippen molar-refractivity contribution in [2.45, 2.75) is 77.6 Å². The number of alkyl halides is 4. The monoisotopic (exact) mass is 636 g/mol. The summed E-state index contributed by atoms with van der Waals surface area (Å²) in [7, 11) is 0. The Kier molecular flexibility index (Phi) is 10.8. The summed E-state index contributed by atoms with van der Waals surface area (Å²) >= 11 is 0. The highest BCUT2D eigenvalue weighted by molar-refractivity contribution is 5.33. The maximum atomic E-state index is 14.4. The van der Waals surface area contributed by atoms with E-state index in [1.807, 2.05) is 0 Å². The molecule has 4 saturated heterocycles. The molecule has 0 saturated carbocycles. The Labute approximate surface area is 252 Å². The fourth-order valence-electron chi connectivity index (χ4n) is 5.82. The van der Waals surface area contributed by atoms with Gasteiger partial charge in [-0.1, -0.05) is 14.9 Å². The first-order valence-corrected chi connectivity index (χ1v) is 13.6. The summed E-state index contributed by atoms with van der Waals surface area (Å²) in [4.78, 5) is 23.9. The molecule has 4 aliphatic heterocycles. The highest BCUT2D eigenvalue weighted by Crippen LogP contribution is 2.40. The van der Waals surface area contributed by atoms with Crippen LogP contribution < -0.4 is 0 Å². The van der Waals surface area contributed by atoms with Gasteiger partial charge in [-0.15, -0.1) is 0 Å². The summed E-state index contributed by atoms with van der Waals surface area (Å²) in [5, 5.41) is 29.2. The van der Waals surface area contributed by atoms with Crippen molar-refractivity contribution < 1.29 is 36.9 Å². The quantitative estimate of drug-likeness (QED) is 0.259. The fraction of sp³-hybridized carbons (Fsp3) is 0.769. The average Bonchev–Trinajstić information content (AvgIpc) is 3.39. The van der Waals surface area contributed by atoms with E-state index in [0.29, 0.717) is 39.5 Å². The number of hydrogen-bond donors (Lipinski definition) is 0. The molecule has 4 fully saturated rings. The summed E-state index contributed by atoms with van der Waals surface area (Å²) in [5.74, 6) is -5.95. The Bertz CT molecular complexity index is 1220. The summed E-state index contributed by atoms with van der Waals surface area (Å²) < 4.78 is 69.9. The van der Waals surface area contributed by atoms with Crippen LogP contribution in [0.3, 0.4) is 0 Å². The maximum Gasteiger partial charge on any atom is 0.309 e. The van der Waals surface area contributed by atoms with E-state index in [2.05, 4.69) is 10.2 Å². The highest BCUT2D eigenvalue weighted by atomic mass is 19.3. The van der Waals surface area contributed by atoms with Crippen molar-refractivity contribution in [3.05, 3.63) is 44.0 Å². The van der Waals surface area contributed by atoms with Gasteiger partial charge in [0.1, 0.15) is 35.9 Å². The lowest BCUT2D eigenvalue weighted by atomic mass is 9.98. The van der Waals surface area contributed by atoms with E-state index >= 15 is 0 Å². The second-order valence-electron chi connectivity index (χ2n) is 11.1. The molecule has 0 aromatic carbocycles. The van der Waals surface area contributed by atoms with Crippen LogP contribution in [-0.2, 0) is 9.47 Å². The van der Waals surface area contributed by atoms with Crippen molar-refractivity contribution in [3.8, 4) is 0 Å². The lowest BCUT2D eigenvalue weighted by molar-refractivity contribution is -0.385. The molecule has 18 heteroatoms. The van der Waals surface area contributed by atoms with Crippen LogP contribution >= 0.6 is 0 Å². The first-order chi connectivity index (χ1) is 19.8. The predicted molar refractivity (Wildman–Crippen MR) is 150 cm³/mol. The number of aromatic nitrogens is 4. The molecule has 0 radical (unpaired) electrons. The molecule has 4 aliphatic rings. The van der Waals surface area contributed by atoms with Crippen LogP contribution in [0.15, 0.2) is 12.4 Å². The molecule has 14 nitrogen and oxygen atoms in total. The van der Waals surface area contributed by atoms with E-state index < -0.39 is 33.8 Å². The first kappa shape index (κ1) is 35.3. The van der Waals surface area contributed by atoms with E-state index in [1.165, 1.54) is 13.8 Å². The van der Waals surface area contributed by atoms with Crippen LogP contribution in [0.1, 0.15) is 51.2 Å². The molecule has 0 aliphatic carbocycles. The van der Waals surface area contributed by atoms with Crippen molar-refractivity contribution in [2.24, 2.45) is 0 Å². The number of halogens is 4. The molecule has 6 heterocycles. The predicted octanol–water partition coefficient (Wildman–Crippen LogP) is 4.03. The SMILES string of the molecule is C.C.Cc1c([N+](=O)[O-])cnn1C1CCN(C2COC2)CC1(F)F.Cc1c([N+](=O)[O-])cnn1C1CCN(C2COC2)CC1(F)F. The van der Waals surface area contributed by atoms with Gasteiger partial charge in [0.15, 0.2) is 0 Å². The van der Waals surface area contributed by atoms with Gasteiger partial charge in [0.05, 0.1) is 61.4 Å². The lowest BCUT2D eigenvalue weighted by Gasteiger charge is -2.44. The van der Waals surface area contributed by atoms with Gasteiger partial charge < -0.3 is 9.47 Å². The molecule has 0 bridgehead atoms. The summed E-state index contributed by atoms with van der Waals surface area (Å²) in [6.07, 6.45) is 2.50. The van der Waals surface area contributed by atoms with Gasteiger partial charge in [-0.05, 0) is 26.7 Å². The van der Waals surface area contributed by atoms with Gasteiger partial charge in [-0.3, -0.25) is 39.4 Å². The smallest absolute Gasteiger partial charge is 0.309 e. The molecular weight excluding hydrogens is 596 g/mol. The molecule has 0 amide bonds. The van der Waals surface area contributed by atoms with Crippen LogP contribution in [0.4, 0.5) is 28.9 Å². The normalized spacial score (nSPS) is 25.3. The van der Waals surface area contributed by atoms with Crippen LogP contribution in [0.25, 0.3) is 0 Å². The zero-order valence-corrected chi connectivity index (χ0v) is 23.1. The second-order valence-corrected chi connectivity index (χ2v) is 11.1. The van der Waals surface area contributed by atoms with Crippen molar-refractivity contribution in [3.63, 3.8) is 0 Å². The third-order valence-electron chi connectivity index (χ3n) is 8.48. The molecular formula is C26H40F4N8O6. The summed E-state index contributed by atoms with van der Waals surface area (Å²) in [6.45, 7) is 5.18. The Balaban J connectivity index is 0.000000230. The molecule has 2 aromatic rings. The second kappa shape index (κ2) is 13.4. The van der Waals surface area contributed by atoms with Gasteiger partial charge in [0.25, 0.3) is 11.8 Å². The molecule has 44 heavy (non-hydrogen) atoms. The minimum Gasteiger partial charge on any atom is -0.378 e. The molecule has 2 unspecified atom stereocenters.